The lowest BCUT2D eigenvalue weighted by atomic mass is 10.00. The standard InChI is InChI=1S/C19H23N5O4S/c1-4-10-23-15(26)12-8-6-7-9-13(12)20-18(23)29-11-14(25)22-24-16(27)19(3,5-2)21-17(24)28/h6-9H,4-5,10-11H2,1-3H3,(H,21,28)(H,22,25). The summed E-state index contributed by atoms with van der Waals surface area (Å²) in [4.78, 5) is 54.0. The third-order valence-electron chi connectivity index (χ3n) is 4.81. The number of nitrogens with zero attached hydrogens (tertiary/aromatic N) is 3. The first kappa shape index (κ1) is 20.8. The van der Waals surface area contributed by atoms with Crippen LogP contribution in [0.1, 0.15) is 33.6 Å². The number of benzene rings is 1. The Balaban J connectivity index is 1.76. The van der Waals surface area contributed by atoms with Crippen molar-refractivity contribution in [3.8, 4) is 0 Å². The van der Waals surface area contributed by atoms with E-state index in [2.05, 4.69) is 15.7 Å². The summed E-state index contributed by atoms with van der Waals surface area (Å²) in [5.74, 6) is -1.15. The van der Waals surface area contributed by atoms with Gasteiger partial charge in [-0.25, -0.2) is 9.78 Å². The Labute approximate surface area is 171 Å². The first-order valence-corrected chi connectivity index (χ1v) is 10.4. The molecule has 1 atom stereocenters. The van der Waals surface area contributed by atoms with Crippen LogP contribution in [0.5, 0.6) is 0 Å². The molecule has 0 aliphatic carbocycles. The molecule has 3 rings (SSSR count). The zero-order valence-corrected chi connectivity index (χ0v) is 17.3. The van der Waals surface area contributed by atoms with E-state index in [0.717, 1.165) is 18.2 Å². The van der Waals surface area contributed by atoms with Gasteiger partial charge in [0, 0.05) is 6.54 Å². The fraction of sp³-hybridized carbons (Fsp3) is 0.421. The van der Waals surface area contributed by atoms with Crippen molar-refractivity contribution < 1.29 is 14.4 Å². The van der Waals surface area contributed by atoms with Crippen LogP contribution in [0.15, 0.2) is 34.2 Å². The van der Waals surface area contributed by atoms with Gasteiger partial charge >= 0.3 is 6.03 Å². The highest BCUT2D eigenvalue weighted by atomic mass is 32.2. The number of imide groups is 1. The second-order valence-corrected chi connectivity index (χ2v) is 7.89. The molecule has 2 heterocycles. The molecule has 154 valence electrons. The molecular weight excluding hydrogens is 394 g/mol. The Bertz CT molecular complexity index is 1040. The quantitative estimate of drug-likeness (QED) is 0.402. The van der Waals surface area contributed by atoms with Crippen molar-refractivity contribution >= 4 is 40.5 Å². The summed E-state index contributed by atoms with van der Waals surface area (Å²) in [6.45, 7) is 5.81. The minimum absolute atomic E-state index is 0.103. The van der Waals surface area contributed by atoms with E-state index in [0.29, 0.717) is 34.0 Å². The molecule has 0 saturated carbocycles. The van der Waals surface area contributed by atoms with Crippen LogP contribution >= 0.6 is 11.8 Å². The topological polar surface area (TPSA) is 113 Å². The molecule has 1 aliphatic rings. The van der Waals surface area contributed by atoms with E-state index < -0.39 is 23.4 Å². The van der Waals surface area contributed by atoms with Crippen molar-refractivity contribution in [2.75, 3.05) is 5.75 Å². The average Bonchev–Trinajstić information content (AvgIpc) is 2.92. The lowest BCUT2D eigenvalue weighted by Gasteiger charge is -2.19. The summed E-state index contributed by atoms with van der Waals surface area (Å²) >= 11 is 1.09. The maximum absolute atomic E-state index is 12.8. The smallest absolute Gasteiger partial charge is 0.322 e. The number of aromatic nitrogens is 2. The van der Waals surface area contributed by atoms with Crippen LogP contribution in [0.2, 0.25) is 0 Å². The van der Waals surface area contributed by atoms with Crippen molar-refractivity contribution in [3.05, 3.63) is 34.6 Å². The number of thioether (sulfide) groups is 1. The largest absolute Gasteiger partial charge is 0.344 e. The molecule has 29 heavy (non-hydrogen) atoms. The lowest BCUT2D eigenvalue weighted by molar-refractivity contribution is -0.137. The van der Waals surface area contributed by atoms with Gasteiger partial charge in [-0.2, -0.15) is 5.01 Å². The summed E-state index contributed by atoms with van der Waals surface area (Å²) in [6.07, 6.45) is 1.14. The maximum atomic E-state index is 12.8. The molecule has 2 aromatic rings. The highest BCUT2D eigenvalue weighted by Gasteiger charge is 2.47. The fourth-order valence-electron chi connectivity index (χ4n) is 2.99. The zero-order chi connectivity index (χ0) is 21.2. The third kappa shape index (κ3) is 3.98. The normalized spacial score (nSPS) is 18.9. The Morgan fingerprint density at radius 2 is 1.97 bits per heavy atom. The van der Waals surface area contributed by atoms with Gasteiger partial charge in [0.1, 0.15) is 5.54 Å². The molecule has 0 spiro atoms. The van der Waals surface area contributed by atoms with Crippen LogP contribution in [0.25, 0.3) is 10.9 Å². The number of para-hydroxylation sites is 1. The molecule has 1 unspecified atom stereocenters. The van der Waals surface area contributed by atoms with Gasteiger partial charge in [-0.3, -0.25) is 24.4 Å². The molecule has 1 saturated heterocycles. The monoisotopic (exact) mass is 417 g/mol. The van der Waals surface area contributed by atoms with Crippen molar-refractivity contribution in [1.29, 1.82) is 0 Å². The Morgan fingerprint density at radius 3 is 2.62 bits per heavy atom. The maximum Gasteiger partial charge on any atom is 0.344 e. The highest BCUT2D eigenvalue weighted by molar-refractivity contribution is 7.99. The highest BCUT2D eigenvalue weighted by Crippen LogP contribution is 2.20. The number of amides is 4. The molecule has 1 fully saturated rings. The number of hydrazine groups is 1. The van der Waals surface area contributed by atoms with E-state index in [1.54, 1.807) is 42.7 Å². The van der Waals surface area contributed by atoms with Crippen LogP contribution in [0, 0.1) is 0 Å². The number of carbonyl (C=O) groups excluding carboxylic acids is 3. The minimum Gasteiger partial charge on any atom is -0.322 e. The zero-order valence-electron chi connectivity index (χ0n) is 16.5. The summed E-state index contributed by atoms with van der Waals surface area (Å²) < 4.78 is 1.54. The number of nitrogens with one attached hydrogen (secondary N) is 2. The van der Waals surface area contributed by atoms with Crippen LogP contribution < -0.4 is 16.3 Å². The molecule has 1 aromatic carbocycles. The first-order chi connectivity index (χ1) is 13.8. The van der Waals surface area contributed by atoms with Crippen LogP contribution in [-0.2, 0) is 16.1 Å². The molecule has 0 bridgehead atoms. The molecular formula is C19H23N5O4S. The lowest BCUT2D eigenvalue weighted by Crippen LogP contribution is -2.49. The molecule has 1 aliphatic heterocycles. The van der Waals surface area contributed by atoms with Crippen LogP contribution in [0.4, 0.5) is 4.79 Å². The van der Waals surface area contributed by atoms with Gasteiger partial charge in [-0.1, -0.05) is 37.7 Å². The van der Waals surface area contributed by atoms with Crippen molar-refractivity contribution in [1.82, 2.24) is 25.3 Å². The van der Waals surface area contributed by atoms with Gasteiger partial charge in [0.2, 0.25) is 5.91 Å². The Kier molecular flexibility index (Phi) is 5.92. The van der Waals surface area contributed by atoms with Gasteiger partial charge < -0.3 is 5.32 Å². The van der Waals surface area contributed by atoms with E-state index in [4.69, 9.17) is 0 Å². The van der Waals surface area contributed by atoms with Crippen LogP contribution in [0.3, 0.4) is 0 Å². The van der Waals surface area contributed by atoms with Crippen molar-refractivity contribution in [2.24, 2.45) is 0 Å². The second-order valence-electron chi connectivity index (χ2n) is 6.95. The van der Waals surface area contributed by atoms with Crippen LogP contribution in [-0.4, -0.2) is 43.7 Å². The third-order valence-corrected chi connectivity index (χ3v) is 5.79. The van der Waals surface area contributed by atoms with E-state index in [1.807, 2.05) is 6.92 Å². The first-order valence-electron chi connectivity index (χ1n) is 9.39. The molecule has 1 aromatic heterocycles. The number of fused-ring (bicyclic) bond motifs is 1. The van der Waals surface area contributed by atoms with Crippen molar-refractivity contribution in [2.45, 2.75) is 50.9 Å². The molecule has 0 radical (unpaired) electrons. The summed E-state index contributed by atoms with van der Waals surface area (Å²) in [5.41, 5.74) is 1.71. The summed E-state index contributed by atoms with van der Waals surface area (Å²) in [5, 5.41) is 4.22. The number of rotatable bonds is 7. The SMILES string of the molecule is CCCn1c(SCC(=O)NN2C(=O)NC(C)(CC)C2=O)nc2ccccc2c1=O. The van der Waals surface area contributed by atoms with Gasteiger partial charge in [0.05, 0.1) is 16.7 Å². The molecule has 2 N–H and O–H groups in total. The van der Waals surface area contributed by atoms with Crippen molar-refractivity contribution in [3.63, 3.8) is 0 Å². The van der Waals surface area contributed by atoms with E-state index in [9.17, 15) is 19.2 Å². The van der Waals surface area contributed by atoms with Gasteiger partial charge in [-0.15, -0.1) is 0 Å². The van der Waals surface area contributed by atoms with Gasteiger partial charge in [-0.05, 0) is 31.9 Å². The predicted octanol–water partition coefficient (Wildman–Crippen LogP) is 1.65. The molecule has 4 amide bonds. The number of hydrogen-bond donors (Lipinski definition) is 2. The second kappa shape index (κ2) is 8.24. The van der Waals surface area contributed by atoms with E-state index in [1.165, 1.54) is 0 Å². The molecule has 9 nitrogen and oxygen atoms in total. The number of hydrogen-bond acceptors (Lipinski definition) is 6. The number of urea groups is 1. The predicted molar refractivity (Wildman–Crippen MR) is 109 cm³/mol. The molecule has 10 heteroatoms. The van der Waals surface area contributed by atoms with E-state index >= 15 is 0 Å². The van der Waals surface area contributed by atoms with Gasteiger partial charge in [0.15, 0.2) is 5.16 Å². The average molecular weight is 417 g/mol. The Morgan fingerprint density at radius 1 is 1.24 bits per heavy atom. The number of carbonyl (C=O) groups is 3. The fourth-order valence-corrected chi connectivity index (χ4v) is 3.81. The Hall–Kier alpha value is -2.88. The summed E-state index contributed by atoms with van der Waals surface area (Å²) in [7, 11) is 0. The van der Waals surface area contributed by atoms with E-state index in [-0.39, 0.29) is 11.3 Å². The minimum atomic E-state index is -1.03. The summed E-state index contributed by atoms with van der Waals surface area (Å²) in [6, 6.07) is 6.38. The van der Waals surface area contributed by atoms with Gasteiger partial charge in [0.25, 0.3) is 11.5 Å².